The van der Waals surface area contributed by atoms with Crippen molar-refractivity contribution in [2.75, 3.05) is 20.8 Å². The fourth-order valence-electron chi connectivity index (χ4n) is 2.76. The van der Waals surface area contributed by atoms with E-state index >= 15 is 0 Å². The number of hydrogen-bond donors (Lipinski definition) is 1. The van der Waals surface area contributed by atoms with Gasteiger partial charge in [0.2, 0.25) is 0 Å². The Morgan fingerprint density at radius 2 is 2.22 bits per heavy atom. The van der Waals surface area contributed by atoms with Gasteiger partial charge in [0.05, 0.1) is 19.3 Å². The first-order valence-corrected chi connectivity index (χ1v) is 6.60. The predicted molar refractivity (Wildman–Crippen MR) is 73.1 cm³/mol. The number of ether oxygens (including phenoxy) is 2. The molecule has 18 heavy (non-hydrogen) atoms. The fourth-order valence-corrected chi connectivity index (χ4v) is 2.76. The summed E-state index contributed by atoms with van der Waals surface area (Å²) < 4.78 is 11.1. The van der Waals surface area contributed by atoms with Gasteiger partial charge in [0, 0.05) is 6.61 Å². The highest BCUT2D eigenvalue weighted by molar-refractivity contribution is 5.37. The minimum absolute atomic E-state index is 0.258. The Bertz CT molecular complexity index is 405. The standard InChI is InChI=1S/C15H23NO2/c1-10-7-8-18-15(10)14(16-3)13-6-5-12(17-4)9-11(13)2/h5-6,9-10,14-16H,7-8H2,1-4H3. The van der Waals surface area contributed by atoms with Crippen LogP contribution in [-0.2, 0) is 4.74 Å². The molecule has 1 aromatic carbocycles. The van der Waals surface area contributed by atoms with Gasteiger partial charge in [-0.25, -0.2) is 0 Å². The molecule has 0 bridgehead atoms. The first-order valence-electron chi connectivity index (χ1n) is 6.60. The molecule has 100 valence electrons. The van der Waals surface area contributed by atoms with Crippen LogP contribution in [0.5, 0.6) is 5.75 Å². The summed E-state index contributed by atoms with van der Waals surface area (Å²) in [5.74, 6) is 1.51. The molecule has 1 saturated heterocycles. The summed E-state index contributed by atoms with van der Waals surface area (Å²) in [7, 11) is 3.70. The molecule has 1 heterocycles. The van der Waals surface area contributed by atoms with Crippen molar-refractivity contribution in [2.24, 2.45) is 5.92 Å². The van der Waals surface area contributed by atoms with E-state index in [0.717, 1.165) is 18.8 Å². The molecule has 0 aromatic heterocycles. The quantitative estimate of drug-likeness (QED) is 0.890. The molecule has 3 heteroatoms. The molecule has 0 aliphatic carbocycles. The van der Waals surface area contributed by atoms with E-state index in [1.807, 2.05) is 13.1 Å². The second-order valence-corrected chi connectivity index (χ2v) is 5.09. The summed E-state index contributed by atoms with van der Waals surface area (Å²) in [5.41, 5.74) is 2.55. The van der Waals surface area contributed by atoms with Crippen LogP contribution in [0.3, 0.4) is 0 Å². The summed E-state index contributed by atoms with van der Waals surface area (Å²) in [6.45, 7) is 5.27. The molecule has 3 unspecified atom stereocenters. The lowest BCUT2D eigenvalue weighted by Gasteiger charge is -2.27. The molecular formula is C15H23NO2. The van der Waals surface area contributed by atoms with Gasteiger partial charge >= 0.3 is 0 Å². The van der Waals surface area contributed by atoms with Gasteiger partial charge in [-0.2, -0.15) is 0 Å². The van der Waals surface area contributed by atoms with Crippen LogP contribution >= 0.6 is 0 Å². The highest BCUT2D eigenvalue weighted by atomic mass is 16.5. The Hall–Kier alpha value is -1.06. The molecule has 1 aliphatic heterocycles. The van der Waals surface area contributed by atoms with Crippen molar-refractivity contribution in [2.45, 2.75) is 32.4 Å². The molecule has 0 amide bonds. The zero-order valence-electron chi connectivity index (χ0n) is 11.7. The normalized spacial score (nSPS) is 25.1. The zero-order chi connectivity index (χ0) is 13.1. The lowest BCUT2D eigenvalue weighted by atomic mass is 9.90. The zero-order valence-corrected chi connectivity index (χ0v) is 11.7. The van der Waals surface area contributed by atoms with Crippen LogP contribution in [0.15, 0.2) is 18.2 Å². The van der Waals surface area contributed by atoms with Crippen LogP contribution in [0.4, 0.5) is 0 Å². The van der Waals surface area contributed by atoms with Crippen LogP contribution in [-0.4, -0.2) is 26.9 Å². The van der Waals surface area contributed by atoms with Crippen LogP contribution < -0.4 is 10.1 Å². The third kappa shape index (κ3) is 2.52. The molecule has 3 atom stereocenters. The molecule has 2 rings (SSSR count). The SMILES string of the molecule is CNC(c1ccc(OC)cc1C)C1OCCC1C. The van der Waals surface area contributed by atoms with Gasteiger partial charge in [0.1, 0.15) is 5.75 Å². The van der Waals surface area contributed by atoms with Crippen molar-refractivity contribution in [3.05, 3.63) is 29.3 Å². The van der Waals surface area contributed by atoms with Gasteiger partial charge in [0.15, 0.2) is 0 Å². The van der Waals surface area contributed by atoms with Crippen molar-refractivity contribution < 1.29 is 9.47 Å². The molecule has 1 N–H and O–H groups in total. The predicted octanol–water partition coefficient (Wildman–Crippen LogP) is 2.69. The third-order valence-electron chi connectivity index (χ3n) is 3.90. The summed E-state index contributed by atoms with van der Waals surface area (Å²) in [4.78, 5) is 0. The largest absolute Gasteiger partial charge is 0.497 e. The van der Waals surface area contributed by atoms with Gasteiger partial charge in [-0.3, -0.25) is 0 Å². The van der Waals surface area contributed by atoms with Crippen molar-refractivity contribution in [1.82, 2.24) is 5.32 Å². The summed E-state index contributed by atoms with van der Waals surface area (Å²) in [6.07, 6.45) is 1.42. The Labute approximate surface area is 109 Å². The Morgan fingerprint density at radius 1 is 1.44 bits per heavy atom. The lowest BCUT2D eigenvalue weighted by Crippen LogP contribution is -2.33. The maximum absolute atomic E-state index is 5.89. The topological polar surface area (TPSA) is 30.5 Å². The summed E-state index contributed by atoms with van der Waals surface area (Å²) in [5, 5.41) is 3.40. The second-order valence-electron chi connectivity index (χ2n) is 5.09. The minimum Gasteiger partial charge on any atom is -0.497 e. The van der Waals surface area contributed by atoms with E-state index in [1.165, 1.54) is 11.1 Å². The molecule has 1 fully saturated rings. The van der Waals surface area contributed by atoms with E-state index in [1.54, 1.807) is 7.11 Å². The average Bonchev–Trinajstić information content (AvgIpc) is 2.78. The van der Waals surface area contributed by atoms with Gasteiger partial charge in [-0.15, -0.1) is 0 Å². The first-order chi connectivity index (χ1) is 8.67. The van der Waals surface area contributed by atoms with Crippen LogP contribution in [0.2, 0.25) is 0 Å². The molecule has 1 aromatic rings. The van der Waals surface area contributed by atoms with Gasteiger partial charge < -0.3 is 14.8 Å². The Balaban J connectivity index is 2.27. The third-order valence-corrected chi connectivity index (χ3v) is 3.90. The molecule has 0 saturated carbocycles. The van der Waals surface area contributed by atoms with Gasteiger partial charge in [-0.05, 0) is 49.6 Å². The molecule has 0 radical (unpaired) electrons. The smallest absolute Gasteiger partial charge is 0.119 e. The number of benzene rings is 1. The highest BCUT2D eigenvalue weighted by Crippen LogP contribution is 2.33. The lowest BCUT2D eigenvalue weighted by molar-refractivity contribution is 0.0629. The van der Waals surface area contributed by atoms with E-state index in [4.69, 9.17) is 9.47 Å². The van der Waals surface area contributed by atoms with Crippen molar-refractivity contribution in [3.63, 3.8) is 0 Å². The maximum atomic E-state index is 5.89. The van der Waals surface area contributed by atoms with Crippen LogP contribution in [0.1, 0.15) is 30.5 Å². The minimum atomic E-state index is 0.258. The van der Waals surface area contributed by atoms with E-state index in [-0.39, 0.29) is 12.1 Å². The number of methoxy groups -OCH3 is 1. The summed E-state index contributed by atoms with van der Waals surface area (Å²) in [6, 6.07) is 6.50. The molecule has 0 spiro atoms. The number of hydrogen-bond acceptors (Lipinski definition) is 3. The van der Waals surface area contributed by atoms with E-state index in [0.29, 0.717) is 5.92 Å². The van der Waals surface area contributed by atoms with E-state index < -0.39 is 0 Å². The van der Waals surface area contributed by atoms with Crippen LogP contribution in [0, 0.1) is 12.8 Å². The molecule has 1 aliphatic rings. The van der Waals surface area contributed by atoms with E-state index in [9.17, 15) is 0 Å². The van der Waals surface area contributed by atoms with Crippen molar-refractivity contribution in [1.29, 1.82) is 0 Å². The number of nitrogens with one attached hydrogen (secondary N) is 1. The van der Waals surface area contributed by atoms with Crippen LogP contribution in [0.25, 0.3) is 0 Å². The number of rotatable bonds is 4. The maximum Gasteiger partial charge on any atom is 0.119 e. The summed E-state index contributed by atoms with van der Waals surface area (Å²) >= 11 is 0. The second kappa shape index (κ2) is 5.72. The Kier molecular flexibility index (Phi) is 4.25. The number of aryl methyl sites for hydroxylation is 1. The molecule has 3 nitrogen and oxygen atoms in total. The number of likely N-dealkylation sites (N-methyl/N-ethyl adjacent to an activating group) is 1. The van der Waals surface area contributed by atoms with Gasteiger partial charge in [0.25, 0.3) is 0 Å². The monoisotopic (exact) mass is 249 g/mol. The average molecular weight is 249 g/mol. The van der Waals surface area contributed by atoms with E-state index in [2.05, 4.69) is 31.3 Å². The van der Waals surface area contributed by atoms with Gasteiger partial charge in [-0.1, -0.05) is 13.0 Å². The molecular weight excluding hydrogens is 226 g/mol. The Morgan fingerprint density at radius 3 is 2.72 bits per heavy atom. The first kappa shape index (κ1) is 13.4. The van der Waals surface area contributed by atoms with Crippen molar-refractivity contribution in [3.8, 4) is 5.75 Å². The van der Waals surface area contributed by atoms with Crippen molar-refractivity contribution >= 4 is 0 Å². The highest BCUT2D eigenvalue weighted by Gasteiger charge is 2.32. The fraction of sp³-hybridized carbons (Fsp3) is 0.600.